The van der Waals surface area contributed by atoms with E-state index in [0.717, 1.165) is 0 Å². The molecule has 21 heavy (non-hydrogen) atoms. The van der Waals surface area contributed by atoms with E-state index in [1.54, 1.807) is 24.3 Å². The normalized spacial score (nSPS) is 9.67. The number of benzene rings is 1. The van der Waals surface area contributed by atoms with Crippen molar-refractivity contribution in [1.29, 1.82) is 0 Å². The molecule has 114 valence electrons. The molecule has 1 aromatic carbocycles. The lowest BCUT2D eigenvalue weighted by Gasteiger charge is -2.15. The Balaban J connectivity index is 2.48. The molecule has 0 spiro atoms. The van der Waals surface area contributed by atoms with Crippen molar-refractivity contribution in [2.45, 2.75) is 0 Å². The number of hydrogen-bond acceptors (Lipinski definition) is 5. The van der Waals surface area contributed by atoms with E-state index in [4.69, 9.17) is 9.47 Å². The van der Waals surface area contributed by atoms with E-state index in [1.165, 1.54) is 26.1 Å². The third-order valence-electron chi connectivity index (χ3n) is 2.74. The lowest BCUT2D eigenvalue weighted by atomic mass is 10.2. The summed E-state index contributed by atoms with van der Waals surface area (Å²) >= 11 is 0. The zero-order valence-corrected chi connectivity index (χ0v) is 12.2. The van der Waals surface area contributed by atoms with Crippen LogP contribution in [0.3, 0.4) is 0 Å². The largest absolute Gasteiger partial charge is 0.497 e. The van der Waals surface area contributed by atoms with Gasteiger partial charge in [-0.3, -0.25) is 9.59 Å². The smallest absolute Gasteiger partial charge is 0.338 e. The molecule has 0 unspecified atom stereocenters. The number of amides is 2. The summed E-state index contributed by atoms with van der Waals surface area (Å²) in [4.78, 5) is 35.7. The third-order valence-corrected chi connectivity index (χ3v) is 2.74. The number of hydrogen-bond donors (Lipinski definition) is 1. The highest BCUT2D eigenvalue weighted by atomic mass is 16.5. The number of nitrogens with one attached hydrogen (secondary N) is 1. The van der Waals surface area contributed by atoms with Crippen LogP contribution < -0.4 is 10.1 Å². The van der Waals surface area contributed by atoms with Crippen molar-refractivity contribution in [1.82, 2.24) is 10.2 Å². The molecule has 0 bridgehead atoms. The molecule has 1 rings (SSSR count). The first-order chi connectivity index (χ1) is 9.97. The summed E-state index contributed by atoms with van der Waals surface area (Å²) < 4.78 is 9.87. The maximum absolute atomic E-state index is 11.7. The number of esters is 1. The second-order valence-corrected chi connectivity index (χ2v) is 4.23. The van der Waals surface area contributed by atoms with Gasteiger partial charge in [0.05, 0.1) is 19.2 Å². The van der Waals surface area contributed by atoms with Crippen LogP contribution in [0, 0.1) is 0 Å². The van der Waals surface area contributed by atoms with Crippen LogP contribution in [0.25, 0.3) is 0 Å². The average Bonchev–Trinajstić information content (AvgIpc) is 2.51. The Kier molecular flexibility index (Phi) is 6.19. The minimum absolute atomic E-state index is 0.0879. The van der Waals surface area contributed by atoms with E-state index in [1.807, 2.05) is 0 Å². The summed E-state index contributed by atoms with van der Waals surface area (Å²) in [6.45, 7) is -0.506. The van der Waals surface area contributed by atoms with Crippen LogP contribution in [-0.4, -0.2) is 57.0 Å². The molecule has 0 fully saturated rings. The Hall–Kier alpha value is -2.57. The number of methoxy groups -OCH3 is 1. The standard InChI is InChI=1S/C14H18N2O5/c1-15-12(17)8-16(2)13(18)9-21-14(19)10-4-6-11(20-3)7-5-10/h4-7H,8-9H2,1-3H3,(H,15,17). The zero-order chi connectivity index (χ0) is 15.8. The van der Waals surface area contributed by atoms with Crippen LogP contribution in [0.4, 0.5) is 0 Å². The molecule has 0 radical (unpaired) electrons. The van der Waals surface area contributed by atoms with Crippen LogP contribution >= 0.6 is 0 Å². The van der Waals surface area contributed by atoms with Crippen LogP contribution in [0.2, 0.25) is 0 Å². The lowest BCUT2D eigenvalue weighted by molar-refractivity contribution is -0.137. The molecule has 1 N–H and O–H groups in total. The molecule has 7 heteroatoms. The predicted octanol–water partition coefficient (Wildman–Crippen LogP) is 0.0564. The Morgan fingerprint density at radius 1 is 1.19 bits per heavy atom. The molecule has 0 saturated carbocycles. The highest BCUT2D eigenvalue weighted by Crippen LogP contribution is 2.12. The van der Waals surface area contributed by atoms with Gasteiger partial charge in [0.25, 0.3) is 5.91 Å². The molecule has 2 amide bonds. The van der Waals surface area contributed by atoms with Crippen LogP contribution in [0.15, 0.2) is 24.3 Å². The summed E-state index contributed by atoms with van der Waals surface area (Å²) in [5.74, 6) is -0.750. The van der Waals surface area contributed by atoms with Gasteiger partial charge in [0.1, 0.15) is 5.75 Å². The topological polar surface area (TPSA) is 84.9 Å². The van der Waals surface area contributed by atoms with E-state index in [0.29, 0.717) is 11.3 Å². The van der Waals surface area contributed by atoms with Gasteiger partial charge in [0.15, 0.2) is 6.61 Å². The summed E-state index contributed by atoms with van der Waals surface area (Å²) in [6.07, 6.45) is 0. The van der Waals surface area contributed by atoms with Crippen LogP contribution in [0.1, 0.15) is 10.4 Å². The molecule has 0 aromatic heterocycles. The number of rotatable bonds is 6. The van der Waals surface area contributed by atoms with Crippen LogP contribution in [-0.2, 0) is 14.3 Å². The molecule has 0 saturated heterocycles. The molecular weight excluding hydrogens is 276 g/mol. The minimum atomic E-state index is -0.612. The van der Waals surface area contributed by atoms with Gasteiger partial charge in [-0.05, 0) is 24.3 Å². The second kappa shape index (κ2) is 7.88. The Bertz CT molecular complexity index is 513. The van der Waals surface area contributed by atoms with Crippen molar-refractivity contribution in [3.8, 4) is 5.75 Å². The molecular formula is C14H18N2O5. The summed E-state index contributed by atoms with van der Waals surface area (Å²) in [6, 6.07) is 6.33. The first-order valence-corrected chi connectivity index (χ1v) is 6.23. The SMILES string of the molecule is CNC(=O)CN(C)C(=O)COC(=O)c1ccc(OC)cc1. The fraction of sp³-hybridized carbons (Fsp3) is 0.357. The molecule has 0 atom stereocenters. The van der Waals surface area contributed by atoms with Crippen molar-refractivity contribution in [2.75, 3.05) is 34.4 Å². The third kappa shape index (κ3) is 5.13. The molecule has 0 aliphatic carbocycles. The first kappa shape index (κ1) is 16.5. The molecule has 7 nitrogen and oxygen atoms in total. The summed E-state index contributed by atoms with van der Waals surface area (Å²) in [5.41, 5.74) is 0.317. The van der Waals surface area contributed by atoms with Gasteiger partial charge in [0, 0.05) is 14.1 Å². The molecule has 0 aliphatic heterocycles. The number of nitrogens with zero attached hydrogens (tertiary/aromatic N) is 1. The summed E-state index contributed by atoms with van der Waals surface area (Å²) in [7, 11) is 4.46. The van der Waals surface area contributed by atoms with Crippen molar-refractivity contribution in [3.63, 3.8) is 0 Å². The zero-order valence-electron chi connectivity index (χ0n) is 12.2. The predicted molar refractivity (Wildman–Crippen MR) is 75.0 cm³/mol. The minimum Gasteiger partial charge on any atom is -0.497 e. The second-order valence-electron chi connectivity index (χ2n) is 4.23. The number of likely N-dealkylation sites (N-methyl/N-ethyl adjacent to an activating group) is 2. The van der Waals surface area contributed by atoms with E-state index in [9.17, 15) is 14.4 Å². The van der Waals surface area contributed by atoms with E-state index in [2.05, 4.69) is 5.32 Å². The monoisotopic (exact) mass is 294 g/mol. The van der Waals surface area contributed by atoms with Gasteiger partial charge in [0.2, 0.25) is 5.91 Å². The highest BCUT2D eigenvalue weighted by molar-refractivity contribution is 5.92. The van der Waals surface area contributed by atoms with Crippen molar-refractivity contribution in [2.24, 2.45) is 0 Å². The first-order valence-electron chi connectivity index (χ1n) is 6.23. The van der Waals surface area contributed by atoms with Gasteiger partial charge in [-0.2, -0.15) is 0 Å². The number of ether oxygens (including phenoxy) is 2. The fourth-order valence-corrected chi connectivity index (χ4v) is 1.43. The summed E-state index contributed by atoms with van der Waals surface area (Å²) in [5, 5.41) is 2.40. The fourth-order valence-electron chi connectivity index (χ4n) is 1.43. The number of carbonyl (C=O) groups excluding carboxylic acids is 3. The Morgan fingerprint density at radius 3 is 2.33 bits per heavy atom. The maximum atomic E-state index is 11.7. The highest BCUT2D eigenvalue weighted by Gasteiger charge is 2.15. The van der Waals surface area contributed by atoms with Gasteiger partial charge in [-0.15, -0.1) is 0 Å². The van der Waals surface area contributed by atoms with E-state index < -0.39 is 18.5 Å². The van der Waals surface area contributed by atoms with Gasteiger partial charge in [-0.1, -0.05) is 0 Å². The Labute approximate surface area is 122 Å². The van der Waals surface area contributed by atoms with Gasteiger partial charge >= 0.3 is 5.97 Å². The van der Waals surface area contributed by atoms with Crippen molar-refractivity contribution < 1.29 is 23.9 Å². The van der Waals surface area contributed by atoms with Crippen molar-refractivity contribution in [3.05, 3.63) is 29.8 Å². The van der Waals surface area contributed by atoms with E-state index in [-0.39, 0.29) is 12.5 Å². The van der Waals surface area contributed by atoms with Gasteiger partial charge in [-0.25, -0.2) is 4.79 Å². The van der Waals surface area contributed by atoms with Gasteiger partial charge < -0.3 is 19.7 Å². The Morgan fingerprint density at radius 2 is 1.81 bits per heavy atom. The van der Waals surface area contributed by atoms with Crippen LogP contribution in [0.5, 0.6) is 5.75 Å². The van der Waals surface area contributed by atoms with Crippen molar-refractivity contribution >= 4 is 17.8 Å². The quantitative estimate of drug-likeness (QED) is 0.750. The molecule has 0 heterocycles. The number of carbonyl (C=O) groups is 3. The molecule has 0 aliphatic rings. The molecule has 1 aromatic rings. The average molecular weight is 294 g/mol. The maximum Gasteiger partial charge on any atom is 0.338 e. The van der Waals surface area contributed by atoms with E-state index >= 15 is 0 Å². The lowest BCUT2D eigenvalue weighted by Crippen LogP contribution is -2.39.